The molecule has 0 radical (unpaired) electrons. The van der Waals surface area contributed by atoms with E-state index >= 15 is 0 Å². The van der Waals surface area contributed by atoms with Crippen molar-refractivity contribution in [3.63, 3.8) is 0 Å². The van der Waals surface area contributed by atoms with Gasteiger partial charge in [0.25, 0.3) is 0 Å². The largest absolute Gasteiger partial charge is 0.497 e. The number of rotatable bonds is 6. The quantitative estimate of drug-likeness (QED) is 0.383. The third-order valence-corrected chi connectivity index (χ3v) is 5.47. The lowest BCUT2D eigenvalue weighted by Crippen LogP contribution is -2.52. The van der Waals surface area contributed by atoms with Gasteiger partial charge in [-0.15, -0.1) is 10.2 Å². The SMILES string of the molecule is CN=C(NCCCc1nnc2ccccn12)N1CCN(c2ccc(OC)cc2)CC1. The summed E-state index contributed by atoms with van der Waals surface area (Å²) in [6.07, 6.45) is 3.86. The number of anilines is 1. The van der Waals surface area contributed by atoms with Crippen LogP contribution in [0.5, 0.6) is 5.75 Å². The Morgan fingerprint density at radius 3 is 2.60 bits per heavy atom. The lowest BCUT2D eigenvalue weighted by atomic mass is 10.2. The van der Waals surface area contributed by atoms with Crippen molar-refractivity contribution in [3.8, 4) is 5.75 Å². The average molecular weight is 408 g/mol. The van der Waals surface area contributed by atoms with Crippen LogP contribution in [0.3, 0.4) is 0 Å². The molecular weight excluding hydrogens is 378 g/mol. The number of hydrogen-bond donors (Lipinski definition) is 1. The van der Waals surface area contributed by atoms with Gasteiger partial charge in [-0.2, -0.15) is 0 Å². The molecule has 1 fully saturated rings. The Labute approximate surface area is 177 Å². The normalized spacial score (nSPS) is 14.9. The van der Waals surface area contributed by atoms with Gasteiger partial charge in [-0.3, -0.25) is 9.39 Å². The highest BCUT2D eigenvalue weighted by Gasteiger charge is 2.19. The van der Waals surface area contributed by atoms with Gasteiger partial charge in [0, 0.05) is 58.1 Å². The summed E-state index contributed by atoms with van der Waals surface area (Å²) in [6.45, 7) is 4.69. The first-order valence-corrected chi connectivity index (χ1v) is 10.4. The Morgan fingerprint density at radius 1 is 1.07 bits per heavy atom. The van der Waals surface area contributed by atoms with E-state index in [2.05, 4.69) is 42.4 Å². The van der Waals surface area contributed by atoms with Crippen LogP contribution in [-0.4, -0.2) is 72.3 Å². The molecule has 0 saturated carbocycles. The van der Waals surface area contributed by atoms with Crippen LogP contribution in [0.15, 0.2) is 53.7 Å². The molecule has 158 valence electrons. The number of nitrogens with zero attached hydrogens (tertiary/aromatic N) is 6. The Balaban J connectivity index is 1.23. The summed E-state index contributed by atoms with van der Waals surface area (Å²) in [7, 11) is 3.55. The molecule has 4 rings (SSSR count). The van der Waals surface area contributed by atoms with Gasteiger partial charge in [0.05, 0.1) is 7.11 Å². The number of pyridine rings is 1. The van der Waals surface area contributed by atoms with Gasteiger partial charge in [0.1, 0.15) is 11.6 Å². The van der Waals surface area contributed by atoms with Gasteiger partial charge in [-0.1, -0.05) is 6.07 Å². The number of aromatic nitrogens is 3. The minimum Gasteiger partial charge on any atom is -0.497 e. The summed E-state index contributed by atoms with van der Waals surface area (Å²) in [5.41, 5.74) is 2.13. The van der Waals surface area contributed by atoms with Crippen molar-refractivity contribution in [2.75, 3.05) is 51.8 Å². The molecule has 0 bridgehead atoms. The summed E-state index contributed by atoms with van der Waals surface area (Å²) in [5.74, 6) is 2.85. The highest BCUT2D eigenvalue weighted by molar-refractivity contribution is 5.80. The Bertz CT molecular complexity index is 975. The molecule has 1 N–H and O–H groups in total. The monoisotopic (exact) mass is 407 g/mol. The van der Waals surface area contributed by atoms with Gasteiger partial charge >= 0.3 is 0 Å². The summed E-state index contributed by atoms with van der Waals surface area (Å²) in [5, 5.41) is 12.0. The number of guanidine groups is 1. The van der Waals surface area contributed by atoms with Crippen molar-refractivity contribution >= 4 is 17.3 Å². The number of aliphatic imine (C=N–C) groups is 1. The van der Waals surface area contributed by atoms with E-state index in [1.807, 2.05) is 48.0 Å². The number of fused-ring (bicyclic) bond motifs is 1. The number of aryl methyl sites for hydroxylation is 1. The van der Waals surface area contributed by atoms with E-state index in [4.69, 9.17) is 4.74 Å². The van der Waals surface area contributed by atoms with E-state index in [9.17, 15) is 0 Å². The number of hydrogen-bond acceptors (Lipinski definition) is 5. The molecule has 0 atom stereocenters. The van der Waals surface area contributed by atoms with E-state index in [-0.39, 0.29) is 0 Å². The minimum atomic E-state index is 0.854. The van der Waals surface area contributed by atoms with Crippen molar-refractivity contribution in [2.45, 2.75) is 12.8 Å². The molecule has 1 aromatic carbocycles. The predicted molar refractivity (Wildman–Crippen MR) is 119 cm³/mol. The van der Waals surface area contributed by atoms with E-state index in [1.54, 1.807) is 7.11 Å². The van der Waals surface area contributed by atoms with Crippen LogP contribution in [0.4, 0.5) is 5.69 Å². The highest BCUT2D eigenvalue weighted by atomic mass is 16.5. The van der Waals surface area contributed by atoms with Crippen LogP contribution in [0.25, 0.3) is 5.65 Å². The smallest absolute Gasteiger partial charge is 0.193 e. The van der Waals surface area contributed by atoms with Gasteiger partial charge in [0.15, 0.2) is 11.6 Å². The fourth-order valence-corrected chi connectivity index (χ4v) is 3.81. The van der Waals surface area contributed by atoms with E-state index in [1.165, 1.54) is 5.69 Å². The first-order chi connectivity index (χ1) is 14.8. The molecule has 0 amide bonds. The molecule has 8 nitrogen and oxygen atoms in total. The van der Waals surface area contributed by atoms with Crippen LogP contribution in [0.1, 0.15) is 12.2 Å². The van der Waals surface area contributed by atoms with Gasteiger partial charge in [0.2, 0.25) is 0 Å². The van der Waals surface area contributed by atoms with Crippen molar-refractivity contribution in [1.82, 2.24) is 24.8 Å². The Kier molecular flexibility index (Phi) is 6.32. The third-order valence-electron chi connectivity index (χ3n) is 5.47. The van der Waals surface area contributed by atoms with Crippen molar-refractivity contribution < 1.29 is 4.74 Å². The lowest BCUT2D eigenvalue weighted by molar-refractivity contribution is 0.372. The number of benzene rings is 1. The first-order valence-electron chi connectivity index (χ1n) is 10.4. The van der Waals surface area contributed by atoms with Crippen molar-refractivity contribution in [3.05, 3.63) is 54.5 Å². The minimum absolute atomic E-state index is 0.854. The van der Waals surface area contributed by atoms with Crippen LogP contribution in [0, 0.1) is 0 Å². The van der Waals surface area contributed by atoms with E-state index in [0.29, 0.717) is 0 Å². The van der Waals surface area contributed by atoms with Crippen molar-refractivity contribution in [2.24, 2.45) is 4.99 Å². The molecule has 3 heterocycles. The van der Waals surface area contributed by atoms with E-state index < -0.39 is 0 Å². The zero-order valence-electron chi connectivity index (χ0n) is 17.7. The molecule has 30 heavy (non-hydrogen) atoms. The topological polar surface area (TPSA) is 70.3 Å². The highest BCUT2D eigenvalue weighted by Crippen LogP contribution is 2.20. The maximum absolute atomic E-state index is 5.25. The van der Waals surface area contributed by atoms with Crippen molar-refractivity contribution in [1.29, 1.82) is 0 Å². The molecule has 1 aliphatic heterocycles. The molecule has 0 unspecified atom stereocenters. The van der Waals surface area contributed by atoms with Crippen LogP contribution >= 0.6 is 0 Å². The second-order valence-corrected chi connectivity index (χ2v) is 7.29. The van der Waals surface area contributed by atoms with E-state index in [0.717, 1.165) is 68.7 Å². The summed E-state index contributed by atoms with van der Waals surface area (Å²) in [6, 6.07) is 14.2. The molecular formula is C22H29N7O. The number of methoxy groups -OCH3 is 1. The molecule has 0 spiro atoms. The fraction of sp³-hybridized carbons (Fsp3) is 0.409. The summed E-state index contributed by atoms with van der Waals surface area (Å²) < 4.78 is 7.30. The van der Waals surface area contributed by atoms with Gasteiger partial charge in [-0.25, -0.2) is 0 Å². The molecule has 2 aromatic heterocycles. The molecule has 3 aromatic rings. The zero-order valence-corrected chi connectivity index (χ0v) is 17.7. The standard InChI is InChI=1S/C22H29N7O/c1-23-22(24-12-5-7-21-26-25-20-6-3-4-13-29(20)21)28-16-14-27(15-17-28)18-8-10-19(30-2)11-9-18/h3-4,6,8-11,13H,5,7,12,14-17H2,1-2H3,(H,23,24). The zero-order chi connectivity index (χ0) is 20.8. The number of ether oxygens (including phenoxy) is 1. The summed E-state index contributed by atoms with van der Waals surface area (Å²) in [4.78, 5) is 9.21. The number of nitrogens with one attached hydrogen (secondary N) is 1. The maximum atomic E-state index is 5.25. The second kappa shape index (κ2) is 9.47. The second-order valence-electron chi connectivity index (χ2n) is 7.29. The molecule has 0 aliphatic carbocycles. The lowest BCUT2D eigenvalue weighted by Gasteiger charge is -2.37. The fourth-order valence-electron chi connectivity index (χ4n) is 3.81. The molecule has 1 saturated heterocycles. The maximum Gasteiger partial charge on any atom is 0.193 e. The van der Waals surface area contributed by atoms with Gasteiger partial charge < -0.3 is 19.9 Å². The third kappa shape index (κ3) is 4.48. The first kappa shape index (κ1) is 20.0. The van der Waals surface area contributed by atoms with Crippen LogP contribution in [0.2, 0.25) is 0 Å². The predicted octanol–water partition coefficient (Wildman–Crippen LogP) is 2.07. The average Bonchev–Trinajstić information content (AvgIpc) is 3.22. The molecule has 8 heteroatoms. The van der Waals surface area contributed by atoms with Crippen LogP contribution in [-0.2, 0) is 6.42 Å². The van der Waals surface area contributed by atoms with Gasteiger partial charge in [-0.05, 0) is 42.8 Å². The summed E-state index contributed by atoms with van der Waals surface area (Å²) >= 11 is 0. The van der Waals surface area contributed by atoms with Crippen LogP contribution < -0.4 is 15.0 Å². The molecule has 1 aliphatic rings. The Hall–Kier alpha value is -3.29. The Morgan fingerprint density at radius 2 is 1.87 bits per heavy atom. The number of piperazine rings is 1.